The molecule has 0 aliphatic rings. The molecule has 2 aromatic rings. The molecule has 0 unspecified atom stereocenters. The second-order valence-corrected chi connectivity index (χ2v) is 3.72. The van der Waals surface area contributed by atoms with Crippen LogP contribution >= 0.6 is 0 Å². The molecule has 2 rings (SSSR count). The molecule has 0 fully saturated rings. The summed E-state index contributed by atoms with van der Waals surface area (Å²) >= 11 is 0. The zero-order valence-corrected chi connectivity index (χ0v) is 9.54. The fourth-order valence-corrected chi connectivity index (χ4v) is 1.47. The van der Waals surface area contributed by atoms with Crippen LogP contribution in [0.5, 0.6) is 0 Å². The molecule has 0 aromatic carbocycles. The summed E-state index contributed by atoms with van der Waals surface area (Å²) < 4.78 is 4.64. The molecule has 5 heteroatoms. The van der Waals surface area contributed by atoms with Gasteiger partial charge < -0.3 is 9.42 Å². The van der Waals surface area contributed by atoms with Gasteiger partial charge in [0.2, 0.25) is 0 Å². The first-order valence-corrected chi connectivity index (χ1v) is 5.32. The van der Waals surface area contributed by atoms with Gasteiger partial charge in [-0.15, -0.1) is 0 Å². The second-order valence-electron chi connectivity index (χ2n) is 3.72. The summed E-state index contributed by atoms with van der Waals surface area (Å²) in [5.74, 6) is -0.132. The number of pyridine rings is 1. The highest BCUT2D eigenvalue weighted by Gasteiger charge is 2.13. The Bertz CT molecular complexity index is 468. The molecule has 0 saturated carbocycles. The minimum Gasteiger partial charge on any atom is -0.364 e. The molecular formula is C12H13N3O2. The van der Waals surface area contributed by atoms with Crippen molar-refractivity contribution in [3.05, 3.63) is 48.1 Å². The van der Waals surface area contributed by atoms with Crippen molar-refractivity contribution in [3.63, 3.8) is 0 Å². The van der Waals surface area contributed by atoms with Crippen molar-refractivity contribution in [3.8, 4) is 0 Å². The third kappa shape index (κ3) is 2.90. The van der Waals surface area contributed by atoms with Crippen LogP contribution in [0.1, 0.15) is 16.1 Å². The monoisotopic (exact) mass is 231 g/mol. The average molecular weight is 231 g/mol. The Morgan fingerprint density at radius 1 is 1.35 bits per heavy atom. The van der Waals surface area contributed by atoms with Gasteiger partial charge >= 0.3 is 0 Å². The van der Waals surface area contributed by atoms with Crippen molar-refractivity contribution in [2.24, 2.45) is 0 Å². The summed E-state index contributed by atoms with van der Waals surface area (Å²) in [6, 6.07) is 5.44. The van der Waals surface area contributed by atoms with Crippen LogP contribution in [0.25, 0.3) is 0 Å². The normalized spacial score (nSPS) is 10.2. The Labute approximate surface area is 99.1 Å². The molecule has 0 bridgehead atoms. The number of nitrogens with zero attached hydrogens (tertiary/aromatic N) is 3. The largest absolute Gasteiger partial charge is 0.364 e. The number of hydrogen-bond donors (Lipinski definition) is 0. The Kier molecular flexibility index (Phi) is 3.49. The number of rotatable bonds is 4. The molecule has 17 heavy (non-hydrogen) atoms. The molecule has 88 valence electrons. The molecule has 0 N–H and O–H groups in total. The van der Waals surface area contributed by atoms with Gasteiger partial charge in [0.1, 0.15) is 6.26 Å². The third-order valence-corrected chi connectivity index (χ3v) is 2.49. The van der Waals surface area contributed by atoms with Gasteiger partial charge in [-0.25, -0.2) is 0 Å². The summed E-state index contributed by atoms with van der Waals surface area (Å²) in [4.78, 5) is 17.4. The van der Waals surface area contributed by atoms with E-state index in [9.17, 15) is 4.79 Å². The van der Waals surface area contributed by atoms with Crippen LogP contribution in [-0.2, 0) is 6.42 Å². The fourth-order valence-electron chi connectivity index (χ4n) is 1.47. The molecule has 2 aromatic heterocycles. The van der Waals surface area contributed by atoms with Crippen molar-refractivity contribution >= 4 is 5.91 Å². The van der Waals surface area contributed by atoms with Crippen LogP contribution in [0.15, 0.2) is 41.4 Å². The minimum atomic E-state index is -0.132. The van der Waals surface area contributed by atoms with E-state index in [1.54, 1.807) is 30.4 Å². The minimum absolute atomic E-state index is 0.132. The number of hydrogen-bond acceptors (Lipinski definition) is 4. The first kappa shape index (κ1) is 11.3. The van der Waals surface area contributed by atoms with Crippen LogP contribution in [0, 0.1) is 0 Å². The summed E-state index contributed by atoms with van der Waals surface area (Å²) in [5, 5.41) is 3.62. The Hall–Kier alpha value is -2.17. The summed E-state index contributed by atoms with van der Waals surface area (Å²) in [5.41, 5.74) is 1.49. The number of amides is 1. The number of aromatic nitrogens is 2. The first-order chi connectivity index (χ1) is 8.27. The lowest BCUT2D eigenvalue weighted by atomic mass is 10.2. The van der Waals surface area contributed by atoms with Crippen molar-refractivity contribution < 1.29 is 9.32 Å². The smallest absolute Gasteiger partial charge is 0.275 e. The zero-order chi connectivity index (χ0) is 12.1. The predicted molar refractivity (Wildman–Crippen MR) is 61.4 cm³/mol. The highest BCUT2D eigenvalue weighted by Crippen LogP contribution is 2.03. The Balaban J connectivity index is 1.90. The van der Waals surface area contributed by atoms with Crippen LogP contribution in [0.4, 0.5) is 0 Å². The summed E-state index contributed by atoms with van der Waals surface area (Å²) in [6.07, 6.45) is 5.68. The van der Waals surface area contributed by atoms with Crippen LogP contribution in [0.3, 0.4) is 0 Å². The fraction of sp³-hybridized carbons (Fsp3) is 0.250. The van der Waals surface area contributed by atoms with Crippen LogP contribution < -0.4 is 0 Å². The van der Waals surface area contributed by atoms with Crippen molar-refractivity contribution in [2.75, 3.05) is 13.6 Å². The molecule has 0 spiro atoms. The third-order valence-electron chi connectivity index (χ3n) is 2.49. The lowest BCUT2D eigenvalue weighted by Crippen LogP contribution is -2.29. The number of likely N-dealkylation sites (N-methyl/N-ethyl adjacent to an activating group) is 1. The maximum Gasteiger partial charge on any atom is 0.275 e. The average Bonchev–Trinajstić information content (AvgIpc) is 2.90. The van der Waals surface area contributed by atoms with E-state index in [1.165, 1.54) is 6.26 Å². The standard InChI is InChI=1S/C12H13N3O2/c1-15(12(16)11-5-9-17-14-11)8-4-10-2-6-13-7-3-10/h2-3,5-7,9H,4,8H2,1H3. The van der Waals surface area contributed by atoms with Gasteiger partial charge in [-0.2, -0.15) is 0 Å². The van der Waals surface area contributed by atoms with E-state index in [-0.39, 0.29) is 5.91 Å². The van der Waals surface area contributed by atoms with E-state index in [0.717, 1.165) is 12.0 Å². The second kappa shape index (κ2) is 5.25. The molecule has 2 heterocycles. The molecule has 0 aliphatic heterocycles. The molecule has 0 radical (unpaired) electrons. The van der Waals surface area contributed by atoms with Gasteiger partial charge in [0, 0.05) is 32.1 Å². The molecule has 0 saturated heterocycles. The molecular weight excluding hydrogens is 218 g/mol. The Morgan fingerprint density at radius 3 is 2.76 bits per heavy atom. The quantitative estimate of drug-likeness (QED) is 0.797. The lowest BCUT2D eigenvalue weighted by Gasteiger charge is -2.15. The highest BCUT2D eigenvalue weighted by molar-refractivity contribution is 5.91. The van der Waals surface area contributed by atoms with Gasteiger partial charge in [0.25, 0.3) is 5.91 Å². The van der Waals surface area contributed by atoms with Gasteiger partial charge in [0.05, 0.1) is 0 Å². The highest BCUT2D eigenvalue weighted by atomic mass is 16.5. The predicted octanol–water partition coefficient (Wildman–Crippen LogP) is 1.38. The van der Waals surface area contributed by atoms with Crippen molar-refractivity contribution in [2.45, 2.75) is 6.42 Å². The maximum atomic E-state index is 11.8. The van der Waals surface area contributed by atoms with Gasteiger partial charge in [-0.3, -0.25) is 9.78 Å². The molecule has 0 atom stereocenters. The zero-order valence-electron chi connectivity index (χ0n) is 9.54. The van der Waals surface area contributed by atoms with Gasteiger partial charge in [0.15, 0.2) is 5.69 Å². The first-order valence-electron chi connectivity index (χ1n) is 5.32. The Morgan fingerprint density at radius 2 is 2.12 bits per heavy atom. The van der Waals surface area contributed by atoms with E-state index < -0.39 is 0 Å². The maximum absolute atomic E-state index is 11.8. The van der Waals surface area contributed by atoms with Crippen LogP contribution in [-0.4, -0.2) is 34.5 Å². The van der Waals surface area contributed by atoms with E-state index in [0.29, 0.717) is 12.2 Å². The topological polar surface area (TPSA) is 59.2 Å². The summed E-state index contributed by atoms with van der Waals surface area (Å²) in [6.45, 7) is 0.635. The van der Waals surface area contributed by atoms with E-state index in [4.69, 9.17) is 0 Å². The number of carbonyl (C=O) groups excluding carboxylic acids is 1. The molecule has 0 aliphatic carbocycles. The van der Waals surface area contributed by atoms with Crippen molar-refractivity contribution in [1.82, 2.24) is 15.0 Å². The number of carbonyl (C=O) groups is 1. The lowest BCUT2D eigenvalue weighted by molar-refractivity contribution is 0.0786. The summed E-state index contributed by atoms with van der Waals surface area (Å²) in [7, 11) is 1.75. The SMILES string of the molecule is CN(CCc1ccncc1)C(=O)c1ccon1. The van der Waals surface area contributed by atoms with Gasteiger partial charge in [-0.05, 0) is 24.1 Å². The van der Waals surface area contributed by atoms with E-state index in [2.05, 4.69) is 14.7 Å². The van der Waals surface area contributed by atoms with Gasteiger partial charge in [-0.1, -0.05) is 5.16 Å². The van der Waals surface area contributed by atoms with E-state index in [1.807, 2.05) is 12.1 Å². The van der Waals surface area contributed by atoms with E-state index >= 15 is 0 Å². The molecule has 1 amide bonds. The van der Waals surface area contributed by atoms with Crippen molar-refractivity contribution in [1.29, 1.82) is 0 Å². The van der Waals surface area contributed by atoms with Crippen LogP contribution in [0.2, 0.25) is 0 Å². The molecule has 5 nitrogen and oxygen atoms in total.